The summed E-state index contributed by atoms with van der Waals surface area (Å²) in [7, 11) is 0.367. The molecule has 200 valence electrons. The Labute approximate surface area is 219 Å². The number of aliphatic hydroxyl groups excluding tert-OH is 3. The first-order valence-corrected chi connectivity index (χ1v) is 12.3. The third kappa shape index (κ3) is 6.88. The van der Waals surface area contributed by atoms with Crippen LogP contribution in [0.25, 0.3) is 0 Å². The maximum absolute atomic E-state index is 13.2. The van der Waals surface area contributed by atoms with Gasteiger partial charge in [-0.3, -0.25) is 9.59 Å². The molecule has 0 aromatic heterocycles. The molecule has 2 saturated heterocycles. The highest BCUT2D eigenvalue weighted by Gasteiger charge is 2.54. The zero-order valence-corrected chi connectivity index (χ0v) is 21.6. The van der Waals surface area contributed by atoms with Crippen molar-refractivity contribution < 1.29 is 43.7 Å². The number of hydrogen-bond donors (Lipinski definition) is 5. The smallest absolute Gasteiger partial charge is 0.399 e. The van der Waals surface area contributed by atoms with Crippen LogP contribution in [0.1, 0.15) is 30.6 Å². The average molecular weight is 549 g/mol. The molecule has 0 bridgehead atoms. The van der Waals surface area contributed by atoms with Crippen LogP contribution in [-0.2, 0) is 23.6 Å². The number of carbonyl (C=O) groups excluding carboxylic acids is 2. The van der Waals surface area contributed by atoms with E-state index in [-0.39, 0.29) is 23.1 Å². The molecule has 2 fully saturated rings. The molecule has 1 aromatic rings. The molecule has 1 unspecified atom stereocenters. The number of halogens is 2. The Morgan fingerprint density at radius 3 is 2.53 bits per heavy atom. The quantitative estimate of drug-likeness (QED) is 0.257. The third-order valence-electron chi connectivity index (χ3n) is 5.89. The molecule has 7 atom stereocenters. The van der Waals surface area contributed by atoms with Gasteiger partial charge >= 0.3 is 7.12 Å². The molecule has 2 aliphatic rings. The number of fused-ring (bicyclic) bond motifs is 1. The van der Waals surface area contributed by atoms with Gasteiger partial charge in [0.25, 0.3) is 5.91 Å². The molecule has 2 amide bonds. The second-order valence-electron chi connectivity index (χ2n) is 9.16. The summed E-state index contributed by atoms with van der Waals surface area (Å²) in [6.45, 7) is 3.23. The van der Waals surface area contributed by atoms with Gasteiger partial charge in [0.05, 0.1) is 29.7 Å². The molecule has 11 nitrogen and oxygen atoms in total. The summed E-state index contributed by atoms with van der Waals surface area (Å²) in [6.07, 6.45) is -5.40. The van der Waals surface area contributed by atoms with Crippen LogP contribution >= 0.6 is 23.2 Å². The van der Waals surface area contributed by atoms with Crippen LogP contribution in [0.4, 0.5) is 0 Å². The number of methoxy groups -OCH3 is 1. The lowest BCUT2D eigenvalue weighted by Crippen LogP contribution is -2.57. The lowest BCUT2D eigenvalue weighted by Gasteiger charge is -2.37. The lowest BCUT2D eigenvalue weighted by molar-refractivity contribution is -0.249. The fraction of sp³-hybridized carbons (Fsp3) is 0.636. The van der Waals surface area contributed by atoms with Crippen LogP contribution in [0.5, 0.6) is 0 Å². The fourth-order valence-electron chi connectivity index (χ4n) is 4.11. The molecular formula is C22H31BCl2N2O9. The molecule has 0 aliphatic carbocycles. The van der Waals surface area contributed by atoms with Crippen molar-refractivity contribution in [1.82, 2.24) is 10.6 Å². The number of nitrogens with one attached hydrogen (secondary N) is 2. The van der Waals surface area contributed by atoms with Crippen LogP contribution in [0, 0.1) is 5.92 Å². The summed E-state index contributed by atoms with van der Waals surface area (Å²) in [5.41, 5.74) is 0.103. The maximum atomic E-state index is 13.2. The van der Waals surface area contributed by atoms with E-state index in [0.29, 0.717) is 11.4 Å². The van der Waals surface area contributed by atoms with E-state index in [9.17, 15) is 24.9 Å². The van der Waals surface area contributed by atoms with E-state index in [4.69, 9.17) is 42.0 Å². The zero-order chi connectivity index (χ0) is 26.6. The number of amides is 2. The van der Waals surface area contributed by atoms with Gasteiger partial charge in [-0.15, -0.1) is 0 Å². The number of benzene rings is 1. The van der Waals surface area contributed by atoms with Crippen molar-refractivity contribution in [3.05, 3.63) is 33.8 Å². The molecular weight excluding hydrogens is 518 g/mol. The SMILES string of the molecule is COC[C@H](NC(=O)c1cc(Cl)ccc1Cl)C(=O)N[C@@H](CC(C)C)B1OC2[C@@H](O1)O[C@H](CO)[C@@H](O)[C@@H]2O. The average Bonchev–Trinajstić information content (AvgIpc) is 3.26. The first-order valence-electron chi connectivity index (χ1n) is 11.5. The molecule has 36 heavy (non-hydrogen) atoms. The predicted molar refractivity (Wildman–Crippen MR) is 130 cm³/mol. The molecule has 2 aliphatic heterocycles. The summed E-state index contributed by atoms with van der Waals surface area (Å²) < 4.78 is 22.3. The Balaban J connectivity index is 1.72. The Morgan fingerprint density at radius 2 is 1.89 bits per heavy atom. The van der Waals surface area contributed by atoms with Crippen molar-refractivity contribution in [2.75, 3.05) is 20.3 Å². The minimum Gasteiger partial charge on any atom is -0.399 e. The largest absolute Gasteiger partial charge is 0.483 e. The van der Waals surface area contributed by atoms with Gasteiger partial charge in [0, 0.05) is 12.1 Å². The van der Waals surface area contributed by atoms with E-state index >= 15 is 0 Å². The Hall–Kier alpha value is -1.48. The van der Waals surface area contributed by atoms with Crippen LogP contribution in [-0.4, -0.2) is 97.3 Å². The van der Waals surface area contributed by atoms with Crippen molar-refractivity contribution in [3.8, 4) is 0 Å². The van der Waals surface area contributed by atoms with Gasteiger partial charge < -0.3 is 44.7 Å². The normalized spacial score (nSPS) is 27.5. The topological polar surface area (TPSA) is 156 Å². The molecule has 2 heterocycles. The molecule has 1 aromatic carbocycles. The van der Waals surface area contributed by atoms with Crippen LogP contribution in [0.15, 0.2) is 18.2 Å². The maximum Gasteiger partial charge on any atom is 0.483 e. The monoisotopic (exact) mass is 548 g/mol. The van der Waals surface area contributed by atoms with Gasteiger partial charge in [0.2, 0.25) is 5.91 Å². The molecule has 3 rings (SSSR count). The van der Waals surface area contributed by atoms with E-state index < -0.39 is 68.2 Å². The van der Waals surface area contributed by atoms with Crippen molar-refractivity contribution in [3.63, 3.8) is 0 Å². The number of ether oxygens (including phenoxy) is 2. The van der Waals surface area contributed by atoms with Crippen LogP contribution in [0.2, 0.25) is 10.0 Å². The van der Waals surface area contributed by atoms with E-state index in [1.807, 2.05) is 13.8 Å². The van der Waals surface area contributed by atoms with Crippen molar-refractivity contribution in [2.24, 2.45) is 5.92 Å². The minimum atomic E-state index is -1.36. The van der Waals surface area contributed by atoms with Gasteiger partial charge in [-0.1, -0.05) is 37.0 Å². The highest BCUT2D eigenvalue weighted by atomic mass is 35.5. The first-order chi connectivity index (χ1) is 17.0. The highest BCUT2D eigenvalue weighted by molar-refractivity contribution is 6.47. The van der Waals surface area contributed by atoms with Crippen molar-refractivity contribution in [2.45, 2.75) is 63.0 Å². The highest BCUT2D eigenvalue weighted by Crippen LogP contribution is 2.31. The van der Waals surface area contributed by atoms with Crippen molar-refractivity contribution >= 4 is 42.1 Å². The van der Waals surface area contributed by atoms with Crippen LogP contribution < -0.4 is 10.6 Å². The van der Waals surface area contributed by atoms with Gasteiger partial charge in [-0.05, 0) is 30.5 Å². The summed E-state index contributed by atoms with van der Waals surface area (Å²) in [6, 6.07) is 3.33. The zero-order valence-electron chi connectivity index (χ0n) is 20.1. The molecule has 0 spiro atoms. The lowest BCUT2D eigenvalue weighted by atomic mass is 9.74. The number of rotatable bonds is 10. The molecule has 0 saturated carbocycles. The summed E-state index contributed by atoms with van der Waals surface area (Å²) in [4.78, 5) is 26.0. The summed E-state index contributed by atoms with van der Waals surface area (Å²) in [5.74, 6) is -1.77. The Bertz CT molecular complexity index is 928. The number of carbonyl (C=O) groups is 2. The van der Waals surface area contributed by atoms with Crippen LogP contribution in [0.3, 0.4) is 0 Å². The molecule has 5 N–H and O–H groups in total. The van der Waals surface area contributed by atoms with Gasteiger partial charge in [-0.25, -0.2) is 0 Å². The Kier molecular flexibility index (Phi) is 10.4. The first kappa shape index (κ1) is 29.1. The minimum absolute atomic E-state index is 0.103. The standard InChI is InChI=1S/C22H31BCl2N2O9/c1-10(2)6-16(23-35-19-18(30)17(29)15(8-28)34-22(19)36-23)27-21(32)14(9-33-3)26-20(31)12-7-11(24)4-5-13(12)25/h4-5,7,10,14-19,22,28-30H,6,8-9H2,1-3H3,(H,26,31)(H,27,32)/t14-,15+,16-,17+,18-,19?,22+/m0/s1. The third-order valence-corrected chi connectivity index (χ3v) is 6.46. The van der Waals surface area contributed by atoms with E-state index in [1.165, 1.54) is 25.3 Å². The summed E-state index contributed by atoms with van der Waals surface area (Å²) in [5, 5.41) is 35.8. The Morgan fingerprint density at radius 1 is 1.17 bits per heavy atom. The van der Waals surface area contributed by atoms with Gasteiger partial charge in [0.1, 0.15) is 30.5 Å². The second-order valence-corrected chi connectivity index (χ2v) is 10.0. The predicted octanol–water partition coefficient (Wildman–Crippen LogP) is 0.151. The van der Waals surface area contributed by atoms with Gasteiger partial charge in [0.15, 0.2) is 6.29 Å². The van der Waals surface area contributed by atoms with E-state index in [1.54, 1.807) is 0 Å². The number of aliphatic hydroxyl groups is 3. The molecule has 14 heteroatoms. The molecule has 0 radical (unpaired) electrons. The van der Waals surface area contributed by atoms with Crippen molar-refractivity contribution in [1.29, 1.82) is 0 Å². The summed E-state index contributed by atoms with van der Waals surface area (Å²) >= 11 is 12.1. The van der Waals surface area contributed by atoms with E-state index in [2.05, 4.69) is 10.6 Å². The van der Waals surface area contributed by atoms with E-state index in [0.717, 1.165) is 0 Å². The number of hydrogen-bond acceptors (Lipinski definition) is 9. The second kappa shape index (κ2) is 12.9. The van der Waals surface area contributed by atoms with Gasteiger partial charge in [-0.2, -0.15) is 0 Å². The fourth-order valence-corrected chi connectivity index (χ4v) is 4.48.